The van der Waals surface area contributed by atoms with E-state index in [1.807, 2.05) is 35.8 Å². The Hall–Kier alpha value is -1.23. The molecule has 0 fully saturated rings. The number of aliphatic hydroxyl groups is 1. The van der Waals surface area contributed by atoms with Crippen LogP contribution in [0.15, 0.2) is 35.8 Å². The summed E-state index contributed by atoms with van der Waals surface area (Å²) in [6.07, 6.45) is 1.82. The minimum atomic E-state index is 0.104. The number of nitrogens with zero attached hydrogens (tertiary/aromatic N) is 1. The molecule has 4 heteroatoms. The van der Waals surface area contributed by atoms with Crippen LogP contribution in [0, 0.1) is 0 Å². The third-order valence-corrected chi connectivity index (χ3v) is 3.07. The van der Waals surface area contributed by atoms with Gasteiger partial charge in [-0.2, -0.15) is 0 Å². The molecule has 0 saturated carbocycles. The van der Waals surface area contributed by atoms with Gasteiger partial charge in [-0.25, -0.2) is 4.98 Å². The van der Waals surface area contributed by atoms with Gasteiger partial charge < -0.3 is 10.4 Å². The Bertz CT molecular complexity index is 411. The molecule has 1 heterocycles. The summed E-state index contributed by atoms with van der Waals surface area (Å²) in [4.78, 5) is 4.20. The standard InChI is InChI=1S/C12H14N2OS/c15-9-11-3-1-10(2-4-11)7-13-8-12-14-5-6-16-12/h1-6,13,15H,7-9H2. The predicted molar refractivity (Wildman–Crippen MR) is 65.0 cm³/mol. The Morgan fingerprint density at radius 3 is 2.50 bits per heavy atom. The maximum absolute atomic E-state index is 8.91. The minimum absolute atomic E-state index is 0.104. The van der Waals surface area contributed by atoms with Crippen molar-refractivity contribution in [1.29, 1.82) is 0 Å². The lowest BCUT2D eigenvalue weighted by atomic mass is 10.1. The van der Waals surface area contributed by atoms with Gasteiger partial charge in [0.25, 0.3) is 0 Å². The zero-order valence-electron chi connectivity index (χ0n) is 8.89. The van der Waals surface area contributed by atoms with Gasteiger partial charge in [0.15, 0.2) is 0 Å². The van der Waals surface area contributed by atoms with Crippen LogP contribution >= 0.6 is 11.3 Å². The summed E-state index contributed by atoms with van der Waals surface area (Å²) in [5.41, 5.74) is 2.16. The third-order valence-electron chi connectivity index (χ3n) is 2.29. The Labute approximate surface area is 98.8 Å². The van der Waals surface area contributed by atoms with E-state index in [2.05, 4.69) is 10.3 Å². The molecule has 0 spiro atoms. The first-order valence-electron chi connectivity index (χ1n) is 5.16. The molecule has 1 aromatic carbocycles. The highest BCUT2D eigenvalue weighted by atomic mass is 32.1. The van der Waals surface area contributed by atoms with Crippen LogP contribution in [-0.4, -0.2) is 10.1 Å². The highest BCUT2D eigenvalue weighted by Gasteiger charge is 1.96. The largest absolute Gasteiger partial charge is 0.392 e. The highest BCUT2D eigenvalue weighted by molar-refractivity contribution is 7.09. The van der Waals surface area contributed by atoms with Crippen molar-refractivity contribution in [2.75, 3.05) is 0 Å². The summed E-state index contributed by atoms with van der Waals surface area (Å²) in [6.45, 7) is 1.73. The number of hydrogen-bond acceptors (Lipinski definition) is 4. The van der Waals surface area contributed by atoms with Crippen LogP contribution < -0.4 is 5.32 Å². The van der Waals surface area contributed by atoms with Gasteiger partial charge in [0.2, 0.25) is 0 Å². The number of nitrogens with one attached hydrogen (secondary N) is 1. The molecular formula is C12H14N2OS. The van der Waals surface area contributed by atoms with Gasteiger partial charge in [0, 0.05) is 24.7 Å². The normalized spacial score (nSPS) is 10.6. The molecule has 0 saturated heterocycles. The van der Waals surface area contributed by atoms with Crippen LogP contribution in [0.5, 0.6) is 0 Å². The molecule has 0 aliphatic rings. The van der Waals surface area contributed by atoms with Crippen molar-refractivity contribution < 1.29 is 5.11 Å². The van der Waals surface area contributed by atoms with E-state index in [-0.39, 0.29) is 6.61 Å². The zero-order chi connectivity index (χ0) is 11.2. The lowest BCUT2D eigenvalue weighted by Gasteiger charge is -2.03. The van der Waals surface area contributed by atoms with Gasteiger partial charge >= 0.3 is 0 Å². The quantitative estimate of drug-likeness (QED) is 0.831. The highest BCUT2D eigenvalue weighted by Crippen LogP contribution is 2.06. The molecule has 2 rings (SSSR count). The Morgan fingerprint density at radius 1 is 1.12 bits per heavy atom. The van der Waals surface area contributed by atoms with Crippen molar-refractivity contribution in [3.05, 3.63) is 52.0 Å². The van der Waals surface area contributed by atoms with Crippen LogP contribution in [0.2, 0.25) is 0 Å². The summed E-state index contributed by atoms with van der Waals surface area (Å²) in [5.74, 6) is 0. The Kier molecular flexibility index (Phi) is 4.04. The lowest BCUT2D eigenvalue weighted by Crippen LogP contribution is -2.12. The van der Waals surface area contributed by atoms with Gasteiger partial charge in [0.1, 0.15) is 5.01 Å². The molecule has 84 valence electrons. The Morgan fingerprint density at radius 2 is 1.88 bits per heavy atom. The molecule has 2 aromatic rings. The third kappa shape index (κ3) is 3.13. The molecule has 0 aliphatic heterocycles. The summed E-state index contributed by atoms with van der Waals surface area (Å²) >= 11 is 1.66. The summed E-state index contributed by atoms with van der Waals surface area (Å²) < 4.78 is 0. The predicted octanol–water partition coefficient (Wildman–Crippen LogP) is 1.93. The second-order valence-electron chi connectivity index (χ2n) is 3.50. The van der Waals surface area contributed by atoms with E-state index < -0.39 is 0 Å². The van der Waals surface area contributed by atoms with Crippen LogP contribution in [0.1, 0.15) is 16.1 Å². The molecule has 16 heavy (non-hydrogen) atoms. The van der Waals surface area contributed by atoms with E-state index in [4.69, 9.17) is 5.11 Å². The first kappa shape index (κ1) is 11.3. The fraction of sp³-hybridized carbons (Fsp3) is 0.250. The number of rotatable bonds is 5. The molecule has 0 amide bonds. The van der Waals surface area contributed by atoms with Crippen LogP contribution in [0.3, 0.4) is 0 Å². The number of aliphatic hydroxyl groups excluding tert-OH is 1. The summed E-state index contributed by atoms with van der Waals surface area (Å²) in [6, 6.07) is 7.95. The van der Waals surface area contributed by atoms with E-state index in [1.54, 1.807) is 11.3 Å². The molecule has 0 atom stereocenters. The monoisotopic (exact) mass is 234 g/mol. The first-order valence-corrected chi connectivity index (χ1v) is 6.04. The maximum Gasteiger partial charge on any atom is 0.106 e. The fourth-order valence-electron chi connectivity index (χ4n) is 1.42. The van der Waals surface area contributed by atoms with Crippen LogP contribution in [-0.2, 0) is 19.7 Å². The van der Waals surface area contributed by atoms with E-state index >= 15 is 0 Å². The summed E-state index contributed by atoms with van der Waals surface area (Å²) in [5, 5.41) is 15.3. The average molecular weight is 234 g/mol. The second-order valence-corrected chi connectivity index (χ2v) is 4.48. The average Bonchev–Trinajstić information content (AvgIpc) is 2.83. The maximum atomic E-state index is 8.91. The SMILES string of the molecule is OCc1ccc(CNCc2nccs2)cc1. The van der Waals surface area contributed by atoms with Gasteiger partial charge in [-0.3, -0.25) is 0 Å². The summed E-state index contributed by atoms with van der Waals surface area (Å²) in [7, 11) is 0. The van der Waals surface area contributed by atoms with E-state index in [0.717, 1.165) is 23.7 Å². The minimum Gasteiger partial charge on any atom is -0.392 e. The zero-order valence-corrected chi connectivity index (χ0v) is 9.70. The van der Waals surface area contributed by atoms with Crippen LogP contribution in [0.4, 0.5) is 0 Å². The van der Waals surface area contributed by atoms with E-state index in [9.17, 15) is 0 Å². The number of thiazole rings is 1. The van der Waals surface area contributed by atoms with E-state index in [0.29, 0.717) is 0 Å². The van der Waals surface area contributed by atoms with E-state index in [1.165, 1.54) is 5.56 Å². The molecule has 2 N–H and O–H groups in total. The van der Waals surface area contributed by atoms with Crippen molar-refractivity contribution in [3.8, 4) is 0 Å². The first-order chi connectivity index (χ1) is 7.88. The second kappa shape index (κ2) is 5.75. The molecule has 1 aromatic heterocycles. The molecule has 0 unspecified atom stereocenters. The van der Waals surface area contributed by atoms with Gasteiger partial charge in [-0.1, -0.05) is 24.3 Å². The van der Waals surface area contributed by atoms with Crippen molar-refractivity contribution in [2.45, 2.75) is 19.7 Å². The van der Waals surface area contributed by atoms with Crippen molar-refractivity contribution >= 4 is 11.3 Å². The molecule has 3 nitrogen and oxygen atoms in total. The smallest absolute Gasteiger partial charge is 0.106 e. The number of hydrogen-bond donors (Lipinski definition) is 2. The number of aromatic nitrogens is 1. The fourth-order valence-corrected chi connectivity index (χ4v) is 2.00. The Balaban J connectivity index is 1.81. The van der Waals surface area contributed by atoms with Gasteiger partial charge in [-0.05, 0) is 11.1 Å². The van der Waals surface area contributed by atoms with Crippen molar-refractivity contribution in [3.63, 3.8) is 0 Å². The number of benzene rings is 1. The van der Waals surface area contributed by atoms with Crippen molar-refractivity contribution in [1.82, 2.24) is 10.3 Å². The molecule has 0 radical (unpaired) electrons. The topological polar surface area (TPSA) is 45.1 Å². The van der Waals surface area contributed by atoms with Crippen LogP contribution in [0.25, 0.3) is 0 Å². The van der Waals surface area contributed by atoms with Gasteiger partial charge in [-0.15, -0.1) is 11.3 Å². The molecular weight excluding hydrogens is 220 g/mol. The van der Waals surface area contributed by atoms with Gasteiger partial charge in [0.05, 0.1) is 6.61 Å². The van der Waals surface area contributed by atoms with Crippen molar-refractivity contribution in [2.24, 2.45) is 0 Å². The lowest BCUT2D eigenvalue weighted by molar-refractivity contribution is 0.282. The molecule has 0 bridgehead atoms. The molecule has 0 aliphatic carbocycles.